The molecule has 0 spiro atoms. The van der Waals surface area contributed by atoms with E-state index in [0.717, 1.165) is 5.56 Å². The maximum atomic E-state index is 10.9. The SMILES string of the molecule is COc1ccc(CC(=O)OCl)cc1OC. The normalized spacial score (nSPS) is 9.53. The number of halogens is 1. The van der Waals surface area contributed by atoms with Crippen LogP contribution in [0.2, 0.25) is 0 Å². The van der Waals surface area contributed by atoms with Gasteiger partial charge in [-0.1, -0.05) is 6.07 Å². The van der Waals surface area contributed by atoms with E-state index in [1.54, 1.807) is 25.3 Å². The fraction of sp³-hybridized carbons (Fsp3) is 0.300. The zero-order valence-electron chi connectivity index (χ0n) is 8.45. The van der Waals surface area contributed by atoms with Crippen LogP contribution in [-0.4, -0.2) is 20.2 Å². The van der Waals surface area contributed by atoms with Gasteiger partial charge in [0.1, 0.15) is 11.9 Å². The van der Waals surface area contributed by atoms with Gasteiger partial charge in [-0.15, -0.1) is 0 Å². The van der Waals surface area contributed by atoms with Crippen LogP contribution >= 0.6 is 11.9 Å². The molecule has 4 nitrogen and oxygen atoms in total. The Morgan fingerprint density at radius 2 is 1.93 bits per heavy atom. The smallest absolute Gasteiger partial charge is 0.329 e. The first kappa shape index (κ1) is 11.7. The van der Waals surface area contributed by atoms with Crippen LogP contribution < -0.4 is 9.47 Å². The van der Waals surface area contributed by atoms with Crippen LogP contribution in [0.1, 0.15) is 5.56 Å². The summed E-state index contributed by atoms with van der Waals surface area (Å²) in [5, 5.41) is 0. The molecular weight excluding hydrogens is 220 g/mol. The van der Waals surface area contributed by atoms with Crippen molar-refractivity contribution in [3.63, 3.8) is 0 Å². The average Bonchev–Trinajstić information content (AvgIpc) is 2.28. The van der Waals surface area contributed by atoms with Gasteiger partial charge in [0.25, 0.3) is 0 Å². The summed E-state index contributed by atoms with van der Waals surface area (Å²) in [6.07, 6.45) is 0.101. The van der Waals surface area contributed by atoms with Gasteiger partial charge in [0, 0.05) is 0 Å². The minimum atomic E-state index is -0.510. The molecule has 0 fully saturated rings. The van der Waals surface area contributed by atoms with Gasteiger partial charge >= 0.3 is 5.97 Å². The molecule has 0 unspecified atom stereocenters. The molecule has 0 bridgehead atoms. The van der Waals surface area contributed by atoms with Crippen LogP contribution in [0.15, 0.2) is 18.2 Å². The Bertz CT molecular complexity index is 351. The zero-order chi connectivity index (χ0) is 11.3. The maximum Gasteiger partial charge on any atom is 0.329 e. The Labute approximate surface area is 92.9 Å². The van der Waals surface area contributed by atoms with Gasteiger partial charge in [-0.05, 0) is 17.7 Å². The van der Waals surface area contributed by atoms with E-state index in [4.69, 9.17) is 21.3 Å². The summed E-state index contributed by atoms with van der Waals surface area (Å²) in [5.41, 5.74) is 0.748. The predicted octanol–water partition coefficient (Wildman–Crippen LogP) is 1.94. The van der Waals surface area contributed by atoms with Crippen LogP contribution in [0.4, 0.5) is 0 Å². The van der Waals surface area contributed by atoms with Gasteiger partial charge in [-0.25, -0.2) is 0 Å². The molecule has 0 aliphatic rings. The number of hydrogen-bond donors (Lipinski definition) is 0. The van der Waals surface area contributed by atoms with Gasteiger partial charge in [0.2, 0.25) is 0 Å². The number of benzene rings is 1. The standard InChI is InChI=1S/C10H11ClO4/c1-13-8-4-3-7(5-9(8)14-2)6-10(12)15-11/h3-5H,6H2,1-2H3. The first-order valence-corrected chi connectivity index (χ1v) is 4.54. The van der Waals surface area contributed by atoms with Crippen molar-refractivity contribution in [2.75, 3.05) is 14.2 Å². The molecule has 15 heavy (non-hydrogen) atoms. The Hall–Kier alpha value is -1.42. The van der Waals surface area contributed by atoms with E-state index in [9.17, 15) is 4.79 Å². The molecule has 0 atom stereocenters. The van der Waals surface area contributed by atoms with Crippen molar-refractivity contribution in [1.29, 1.82) is 0 Å². The van der Waals surface area contributed by atoms with E-state index >= 15 is 0 Å². The van der Waals surface area contributed by atoms with Crippen LogP contribution in [0.3, 0.4) is 0 Å². The lowest BCUT2D eigenvalue weighted by molar-refractivity contribution is -0.133. The van der Waals surface area contributed by atoms with Crippen LogP contribution in [-0.2, 0) is 15.5 Å². The third kappa shape index (κ3) is 3.02. The maximum absolute atomic E-state index is 10.9. The van der Waals surface area contributed by atoms with Crippen molar-refractivity contribution in [3.8, 4) is 11.5 Å². The van der Waals surface area contributed by atoms with Crippen molar-refractivity contribution in [2.45, 2.75) is 6.42 Å². The van der Waals surface area contributed by atoms with Crippen molar-refractivity contribution in [2.24, 2.45) is 0 Å². The van der Waals surface area contributed by atoms with Crippen LogP contribution in [0.25, 0.3) is 0 Å². The predicted molar refractivity (Wildman–Crippen MR) is 55.2 cm³/mol. The second-order valence-electron chi connectivity index (χ2n) is 2.82. The highest BCUT2D eigenvalue weighted by Gasteiger charge is 2.08. The van der Waals surface area contributed by atoms with Crippen molar-refractivity contribution < 1.29 is 18.6 Å². The number of methoxy groups -OCH3 is 2. The van der Waals surface area contributed by atoms with E-state index in [2.05, 4.69) is 4.29 Å². The lowest BCUT2D eigenvalue weighted by Gasteiger charge is -2.08. The number of carbonyl (C=O) groups is 1. The monoisotopic (exact) mass is 230 g/mol. The molecule has 1 rings (SSSR count). The molecule has 0 saturated heterocycles. The molecular formula is C10H11ClO4. The zero-order valence-corrected chi connectivity index (χ0v) is 9.21. The molecule has 0 aliphatic carbocycles. The lowest BCUT2D eigenvalue weighted by Crippen LogP contribution is -2.02. The van der Waals surface area contributed by atoms with E-state index in [-0.39, 0.29) is 6.42 Å². The molecule has 0 radical (unpaired) electrons. The first-order valence-electron chi connectivity index (χ1n) is 4.23. The number of rotatable bonds is 4. The highest BCUT2D eigenvalue weighted by molar-refractivity contribution is 6.13. The molecule has 0 saturated carbocycles. The summed E-state index contributed by atoms with van der Waals surface area (Å²) >= 11 is 4.93. The Kier molecular flexibility index (Phi) is 4.24. The average molecular weight is 231 g/mol. The second-order valence-corrected chi connectivity index (χ2v) is 2.97. The number of hydrogen-bond acceptors (Lipinski definition) is 4. The molecule has 1 aromatic carbocycles. The van der Waals surface area contributed by atoms with E-state index in [1.807, 2.05) is 0 Å². The molecule has 0 heterocycles. The van der Waals surface area contributed by atoms with Gasteiger partial charge in [0.05, 0.1) is 20.6 Å². The van der Waals surface area contributed by atoms with Gasteiger partial charge in [-0.2, -0.15) is 0 Å². The fourth-order valence-corrected chi connectivity index (χ4v) is 1.24. The quantitative estimate of drug-likeness (QED) is 0.793. The largest absolute Gasteiger partial charge is 0.493 e. The summed E-state index contributed by atoms with van der Waals surface area (Å²) < 4.78 is 14.2. The summed E-state index contributed by atoms with van der Waals surface area (Å²) in [4.78, 5) is 10.9. The molecule has 82 valence electrons. The molecule has 0 amide bonds. The van der Waals surface area contributed by atoms with Gasteiger partial charge in [0.15, 0.2) is 11.5 Å². The van der Waals surface area contributed by atoms with Crippen LogP contribution in [0, 0.1) is 0 Å². The minimum Gasteiger partial charge on any atom is -0.493 e. The van der Waals surface area contributed by atoms with Crippen molar-refractivity contribution >= 4 is 17.8 Å². The number of ether oxygens (including phenoxy) is 2. The minimum absolute atomic E-state index is 0.101. The van der Waals surface area contributed by atoms with Crippen molar-refractivity contribution in [3.05, 3.63) is 23.8 Å². The van der Waals surface area contributed by atoms with E-state index in [1.165, 1.54) is 7.11 Å². The van der Waals surface area contributed by atoms with Crippen LogP contribution in [0.5, 0.6) is 11.5 Å². The first-order chi connectivity index (χ1) is 7.21. The Morgan fingerprint density at radius 3 is 2.47 bits per heavy atom. The molecule has 0 aliphatic heterocycles. The van der Waals surface area contributed by atoms with E-state index < -0.39 is 5.97 Å². The Morgan fingerprint density at radius 1 is 1.27 bits per heavy atom. The number of carbonyl (C=O) groups excluding carboxylic acids is 1. The third-order valence-corrected chi connectivity index (χ3v) is 2.05. The second kappa shape index (κ2) is 5.46. The fourth-order valence-electron chi connectivity index (χ4n) is 1.18. The lowest BCUT2D eigenvalue weighted by atomic mass is 10.1. The van der Waals surface area contributed by atoms with E-state index in [0.29, 0.717) is 11.5 Å². The summed E-state index contributed by atoms with van der Waals surface area (Å²) in [6.45, 7) is 0. The molecule has 0 N–H and O–H groups in total. The summed E-state index contributed by atoms with van der Waals surface area (Å²) in [7, 11) is 3.08. The molecule has 0 aromatic heterocycles. The van der Waals surface area contributed by atoms with Gasteiger partial charge < -0.3 is 13.8 Å². The topological polar surface area (TPSA) is 44.8 Å². The molecule has 1 aromatic rings. The molecule has 5 heteroatoms. The summed E-state index contributed by atoms with van der Waals surface area (Å²) in [5.74, 6) is 0.668. The highest BCUT2D eigenvalue weighted by atomic mass is 35.5. The van der Waals surface area contributed by atoms with Gasteiger partial charge in [-0.3, -0.25) is 4.79 Å². The highest BCUT2D eigenvalue weighted by Crippen LogP contribution is 2.27. The Balaban J connectivity index is 2.88. The summed E-state index contributed by atoms with van der Waals surface area (Å²) in [6, 6.07) is 5.16. The van der Waals surface area contributed by atoms with Crippen molar-refractivity contribution in [1.82, 2.24) is 0 Å². The third-order valence-electron chi connectivity index (χ3n) is 1.88.